The molecule has 18 nitrogen and oxygen atoms in total. The molecule has 1 amide bonds. The number of nitrogens with one attached hydrogen (secondary N) is 1. The lowest BCUT2D eigenvalue weighted by Crippen LogP contribution is -2.44. The van der Waals surface area contributed by atoms with Crippen molar-refractivity contribution in [2.45, 2.75) is 324 Å². The molecule has 4 atom stereocenters. The lowest BCUT2D eigenvalue weighted by Gasteiger charge is -2.31. The first kappa shape index (κ1) is 84.5. The molecule has 91 heavy (non-hydrogen) atoms. The number of amides is 1. The van der Waals surface area contributed by atoms with E-state index in [1.54, 1.807) is 0 Å². The molecule has 0 aromatic carbocycles. The van der Waals surface area contributed by atoms with Crippen LogP contribution in [0, 0.1) is 23.2 Å². The molecule has 0 aromatic rings. The van der Waals surface area contributed by atoms with Gasteiger partial charge in [-0.25, -0.2) is 4.79 Å². The summed E-state index contributed by atoms with van der Waals surface area (Å²) < 4.78 is 46.6. The van der Waals surface area contributed by atoms with Gasteiger partial charge < -0.3 is 48.1 Å². The summed E-state index contributed by atoms with van der Waals surface area (Å²) in [5.41, 5.74) is -1.55. The highest BCUT2D eigenvalue weighted by Gasteiger charge is 2.38. The second kappa shape index (κ2) is 58.1. The van der Waals surface area contributed by atoms with E-state index in [2.05, 4.69) is 58.7 Å². The highest BCUT2D eigenvalue weighted by molar-refractivity contribution is 5.74. The Balaban J connectivity index is 3.35. The van der Waals surface area contributed by atoms with Gasteiger partial charge in [0.15, 0.2) is 0 Å². The van der Waals surface area contributed by atoms with Gasteiger partial charge in [0.2, 0.25) is 0 Å². The minimum atomic E-state index is -1.55. The Morgan fingerprint density at radius 3 is 1.01 bits per heavy atom. The number of ether oxygens (including phenoxy) is 8. The van der Waals surface area contributed by atoms with E-state index >= 15 is 0 Å². The molecule has 1 rings (SSSR count). The predicted molar refractivity (Wildman–Crippen MR) is 358 cm³/mol. The molecule has 1 aliphatic rings. The van der Waals surface area contributed by atoms with Gasteiger partial charge in [-0.15, -0.1) is 0 Å². The van der Waals surface area contributed by atoms with E-state index in [9.17, 15) is 38.4 Å². The molecular formula is C73H132N2O16. The second-order valence-electron chi connectivity index (χ2n) is 26.0. The standard InChI is InChI=1S/C73H132N2O16/c1-8-15-22-26-41-61(38-19-12-5)69(80)84-54-35-30-45-65(76)87-57-73(58-88-66(77)46-31-36-55-85-70(81)62(39-20-13-6)42-27-23-16-9-2,59-89-67(78)47-32-37-56-86-71(82)63(40-21-14-7)43-28-24-17-10-3)60-90-68(79)49-48-64(44-29-25-18-11-4)91-72(83)74-50-53-75-51-33-34-52-75/h61-64H,8-60H2,1-7H3,(H,74,83). The molecule has 1 N–H and O–H groups in total. The van der Waals surface area contributed by atoms with E-state index in [1.807, 2.05) is 0 Å². The van der Waals surface area contributed by atoms with Gasteiger partial charge in [0.25, 0.3) is 0 Å². The van der Waals surface area contributed by atoms with Crippen LogP contribution >= 0.6 is 0 Å². The topological polar surface area (TPSA) is 226 Å². The highest BCUT2D eigenvalue weighted by atomic mass is 16.6. The zero-order chi connectivity index (χ0) is 66.8. The van der Waals surface area contributed by atoms with Crippen LogP contribution in [0.4, 0.5) is 4.79 Å². The first-order valence-electron chi connectivity index (χ1n) is 37.0. The van der Waals surface area contributed by atoms with Crippen molar-refractivity contribution in [3.05, 3.63) is 0 Å². The Morgan fingerprint density at radius 2 is 0.670 bits per heavy atom. The number of unbranched alkanes of at least 4 members (excludes halogenated alkanes) is 18. The Labute approximate surface area is 552 Å². The quantitative estimate of drug-likeness (QED) is 0.0339. The van der Waals surface area contributed by atoms with Crippen molar-refractivity contribution in [3.8, 4) is 0 Å². The maximum Gasteiger partial charge on any atom is 0.407 e. The van der Waals surface area contributed by atoms with E-state index in [-0.39, 0.29) is 87.6 Å². The first-order valence-corrected chi connectivity index (χ1v) is 37.0. The van der Waals surface area contributed by atoms with Gasteiger partial charge in [-0.3, -0.25) is 33.6 Å². The summed E-state index contributed by atoms with van der Waals surface area (Å²) in [6.07, 6.45) is 31.3. The Morgan fingerprint density at radius 1 is 0.352 bits per heavy atom. The molecule has 0 aromatic heterocycles. The first-order chi connectivity index (χ1) is 44.2. The van der Waals surface area contributed by atoms with Crippen molar-refractivity contribution < 1.29 is 76.3 Å². The number of likely N-dealkylation sites (tertiary alicyclic amines) is 1. The number of hydrogen-bond acceptors (Lipinski definition) is 17. The molecule has 1 heterocycles. The fourth-order valence-electron chi connectivity index (χ4n) is 11.3. The van der Waals surface area contributed by atoms with Crippen molar-refractivity contribution in [1.29, 1.82) is 0 Å². The summed E-state index contributed by atoms with van der Waals surface area (Å²) >= 11 is 0. The molecule has 0 radical (unpaired) electrons. The molecule has 0 saturated carbocycles. The van der Waals surface area contributed by atoms with Crippen molar-refractivity contribution >= 4 is 47.9 Å². The minimum absolute atomic E-state index is 0.0275. The maximum absolute atomic E-state index is 13.8. The number of nitrogens with zero attached hydrogens (tertiary/aromatic N) is 1. The maximum atomic E-state index is 13.8. The zero-order valence-electron chi connectivity index (χ0n) is 58.8. The summed E-state index contributed by atoms with van der Waals surface area (Å²) in [5.74, 6) is -3.50. The molecular weight excluding hydrogens is 1160 g/mol. The Kier molecular flexibility index (Phi) is 54.0. The highest BCUT2D eigenvalue weighted by Crippen LogP contribution is 2.26. The van der Waals surface area contributed by atoms with Crippen molar-refractivity contribution in [2.24, 2.45) is 23.2 Å². The predicted octanol–water partition coefficient (Wildman–Crippen LogP) is 16.6. The van der Waals surface area contributed by atoms with Crippen molar-refractivity contribution in [1.82, 2.24) is 10.2 Å². The number of carbonyl (C=O) groups excluding carboxylic acids is 8. The van der Waals surface area contributed by atoms with E-state index in [0.29, 0.717) is 51.5 Å². The number of carbonyl (C=O) groups is 8. The Hall–Kier alpha value is -4.48. The van der Waals surface area contributed by atoms with Crippen LogP contribution in [-0.4, -0.2) is 131 Å². The molecule has 1 aliphatic heterocycles. The molecule has 0 spiro atoms. The van der Waals surface area contributed by atoms with Crippen LogP contribution in [-0.2, 0) is 71.5 Å². The van der Waals surface area contributed by atoms with Crippen LogP contribution in [0.3, 0.4) is 0 Å². The number of alkyl carbamates (subject to hydrolysis) is 1. The average molecular weight is 1290 g/mol. The summed E-state index contributed by atoms with van der Waals surface area (Å²) in [5, 5.41) is 2.87. The normalized spacial score (nSPS) is 14.3. The lowest BCUT2D eigenvalue weighted by atomic mass is 9.92. The van der Waals surface area contributed by atoms with E-state index < -0.39 is 67.9 Å². The number of rotatable bonds is 62. The minimum Gasteiger partial charge on any atom is -0.465 e. The van der Waals surface area contributed by atoms with Gasteiger partial charge in [0.05, 0.1) is 37.6 Å². The zero-order valence-corrected chi connectivity index (χ0v) is 58.8. The molecule has 530 valence electrons. The fourth-order valence-corrected chi connectivity index (χ4v) is 11.3. The summed E-state index contributed by atoms with van der Waals surface area (Å²) in [6.45, 7) is 16.8. The third-order valence-corrected chi connectivity index (χ3v) is 17.4. The second-order valence-corrected chi connectivity index (χ2v) is 26.0. The average Bonchev–Trinajstić information content (AvgIpc) is 2.82. The van der Waals surface area contributed by atoms with Crippen LogP contribution in [0.15, 0.2) is 0 Å². The van der Waals surface area contributed by atoms with E-state index in [0.717, 1.165) is 212 Å². The van der Waals surface area contributed by atoms with Crippen LogP contribution < -0.4 is 5.32 Å². The molecule has 0 aliphatic carbocycles. The number of esters is 7. The van der Waals surface area contributed by atoms with Crippen LogP contribution in [0.25, 0.3) is 0 Å². The van der Waals surface area contributed by atoms with Crippen LogP contribution in [0.1, 0.15) is 318 Å². The monoisotopic (exact) mass is 1290 g/mol. The molecule has 18 heteroatoms. The van der Waals surface area contributed by atoms with Gasteiger partial charge in [0.1, 0.15) is 37.9 Å². The lowest BCUT2D eigenvalue weighted by molar-refractivity contribution is -0.171. The Bertz CT molecular complexity index is 1730. The van der Waals surface area contributed by atoms with E-state index in [4.69, 9.17) is 37.9 Å². The van der Waals surface area contributed by atoms with Crippen molar-refractivity contribution in [2.75, 3.05) is 72.4 Å². The van der Waals surface area contributed by atoms with E-state index in [1.165, 1.54) is 0 Å². The molecule has 1 fully saturated rings. The fraction of sp³-hybridized carbons (Fsp3) is 0.890. The number of hydrogen-bond donors (Lipinski definition) is 1. The molecule has 1 saturated heterocycles. The summed E-state index contributed by atoms with van der Waals surface area (Å²) in [4.78, 5) is 109. The largest absolute Gasteiger partial charge is 0.465 e. The van der Waals surface area contributed by atoms with Crippen LogP contribution in [0.5, 0.6) is 0 Å². The summed E-state index contributed by atoms with van der Waals surface area (Å²) in [7, 11) is 0. The van der Waals surface area contributed by atoms with Gasteiger partial charge in [-0.1, -0.05) is 183 Å². The SMILES string of the molecule is CCCCCCC(CCC(=O)OCC(COC(=O)CCCCOC(=O)C(CCCC)CCCCCC)(COC(=O)CCCCOC(=O)C(CCCC)CCCCCC)COC(=O)CCCCOC(=O)C(CCCC)CCCCCC)OC(=O)NCCN1CCCC1. The van der Waals surface area contributed by atoms with Gasteiger partial charge in [-0.2, -0.15) is 0 Å². The third kappa shape index (κ3) is 46.3. The van der Waals surface area contributed by atoms with Gasteiger partial charge >= 0.3 is 47.9 Å². The summed E-state index contributed by atoms with van der Waals surface area (Å²) in [6, 6.07) is 0. The van der Waals surface area contributed by atoms with Crippen molar-refractivity contribution in [3.63, 3.8) is 0 Å². The van der Waals surface area contributed by atoms with Gasteiger partial charge in [0, 0.05) is 38.8 Å². The van der Waals surface area contributed by atoms with Crippen LogP contribution in [0.2, 0.25) is 0 Å². The third-order valence-electron chi connectivity index (χ3n) is 17.4. The molecule has 0 bridgehead atoms. The van der Waals surface area contributed by atoms with Gasteiger partial charge in [-0.05, 0) is 122 Å². The smallest absolute Gasteiger partial charge is 0.407 e. The molecule has 4 unspecified atom stereocenters.